The quantitative estimate of drug-likeness (QED) is 0.857. The Bertz CT molecular complexity index is 674. The maximum absolute atomic E-state index is 11.6. The number of benzene rings is 1. The number of ether oxygens (including phenoxy) is 1. The number of aromatic nitrogens is 2. The van der Waals surface area contributed by atoms with Gasteiger partial charge in [0.1, 0.15) is 11.4 Å². The second-order valence-electron chi connectivity index (χ2n) is 6.06. The van der Waals surface area contributed by atoms with Crippen LogP contribution in [0.4, 0.5) is 4.79 Å². The summed E-state index contributed by atoms with van der Waals surface area (Å²) in [5, 5.41) is 2.68. The van der Waals surface area contributed by atoms with Gasteiger partial charge < -0.3 is 15.0 Å². The maximum atomic E-state index is 11.6. The summed E-state index contributed by atoms with van der Waals surface area (Å²) in [5.74, 6) is 0.683. The molecule has 5 nitrogen and oxygen atoms in total. The standard InChI is InChI=1S/C16H20BrN3O2/c1-10-7-11(17)5-6-12(10)13-8-18-14(20-13)9-19-15(21)22-16(2,3)4/h5-8H,9H2,1-4H3,(H,18,20)(H,19,21). The molecule has 2 N–H and O–H groups in total. The predicted octanol–water partition coefficient (Wildman–Crippen LogP) is 4.17. The minimum Gasteiger partial charge on any atom is -0.444 e. The van der Waals surface area contributed by atoms with Gasteiger partial charge >= 0.3 is 6.09 Å². The summed E-state index contributed by atoms with van der Waals surface area (Å²) in [5.41, 5.74) is 2.64. The topological polar surface area (TPSA) is 67.0 Å². The Morgan fingerprint density at radius 2 is 2.14 bits per heavy atom. The van der Waals surface area contributed by atoms with Gasteiger partial charge in [0, 0.05) is 10.0 Å². The van der Waals surface area contributed by atoms with Crippen molar-refractivity contribution in [3.8, 4) is 11.3 Å². The molecule has 0 bridgehead atoms. The van der Waals surface area contributed by atoms with Gasteiger partial charge in [-0.05, 0) is 45.4 Å². The van der Waals surface area contributed by atoms with E-state index in [0.29, 0.717) is 12.4 Å². The van der Waals surface area contributed by atoms with Crippen molar-refractivity contribution >= 4 is 22.0 Å². The first-order valence-corrected chi connectivity index (χ1v) is 7.81. The number of nitrogens with zero attached hydrogens (tertiary/aromatic N) is 1. The number of rotatable bonds is 3. The zero-order valence-corrected chi connectivity index (χ0v) is 14.7. The highest BCUT2D eigenvalue weighted by Crippen LogP contribution is 2.24. The smallest absolute Gasteiger partial charge is 0.408 e. The van der Waals surface area contributed by atoms with E-state index in [0.717, 1.165) is 21.3 Å². The van der Waals surface area contributed by atoms with E-state index in [4.69, 9.17) is 4.74 Å². The van der Waals surface area contributed by atoms with Gasteiger partial charge in [-0.2, -0.15) is 0 Å². The molecule has 0 spiro atoms. The Morgan fingerprint density at radius 1 is 1.41 bits per heavy atom. The van der Waals surface area contributed by atoms with Gasteiger partial charge in [-0.3, -0.25) is 0 Å². The van der Waals surface area contributed by atoms with Gasteiger partial charge in [-0.15, -0.1) is 0 Å². The zero-order valence-electron chi connectivity index (χ0n) is 13.2. The molecular weight excluding hydrogens is 346 g/mol. The monoisotopic (exact) mass is 365 g/mol. The van der Waals surface area contributed by atoms with E-state index >= 15 is 0 Å². The van der Waals surface area contributed by atoms with E-state index in [1.54, 1.807) is 6.20 Å². The maximum Gasteiger partial charge on any atom is 0.408 e. The molecule has 1 aromatic carbocycles. The molecule has 6 heteroatoms. The van der Waals surface area contributed by atoms with Crippen LogP contribution >= 0.6 is 15.9 Å². The van der Waals surface area contributed by atoms with Crippen LogP contribution in [0.1, 0.15) is 32.2 Å². The number of alkyl carbamates (subject to hydrolysis) is 1. The van der Waals surface area contributed by atoms with E-state index in [1.807, 2.05) is 39.8 Å². The molecule has 0 atom stereocenters. The van der Waals surface area contributed by atoms with Crippen LogP contribution in [0.15, 0.2) is 28.9 Å². The molecule has 0 aliphatic carbocycles. The number of aromatic amines is 1. The Labute approximate surface area is 138 Å². The summed E-state index contributed by atoms with van der Waals surface area (Å²) in [7, 11) is 0. The van der Waals surface area contributed by atoms with Gasteiger partial charge in [-0.1, -0.05) is 22.0 Å². The number of halogens is 1. The van der Waals surface area contributed by atoms with Crippen molar-refractivity contribution in [3.05, 3.63) is 40.3 Å². The molecule has 0 fully saturated rings. The molecule has 1 heterocycles. The summed E-state index contributed by atoms with van der Waals surface area (Å²) in [6, 6.07) is 6.06. The Balaban J connectivity index is 2.01. The molecular formula is C16H20BrN3O2. The van der Waals surface area contributed by atoms with Crippen molar-refractivity contribution in [2.24, 2.45) is 0 Å². The SMILES string of the molecule is Cc1cc(Br)ccc1-c1cnc(CNC(=O)OC(C)(C)C)[nH]1. The fraction of sp³-hybridized carbons (Fsp3) is 0.375. The third-order valence-electron chi connectivity index (χ3n) is 2.91. The Kier molecular flexibility index (Phi) is 4.90. The second kappa shape index (κ2) is 6.52. The second-order valence-corrected chi connectivity index (χ2v) is 6.97. The van der Waals surface area contributed by atoms with Crippen LogP contribution in [-0.2, 0) is 11.3 Å². The first kappa shape index (κ1) is 16.5. The molecule has 2 rings (SSSR count). The lowest BCUT2D eigenvalue weighted by molar-refractivity contribution is 0.0522. The predicted molar refractivity (Wildman–Crippen MR) is 89.5 cm³/mol. The highest BCUT2D eigenvalue weighted by Gasteiger charge is 2.16. The van der Waals surface area contributed by atoms with Crippen LogP contribution in [0, 0.1) is 6.92 Å². The van der Waals surface area contributed by atoms with Crippen LogP contribution < -0.4 is 5.32 Å². The molecule has 0 aliphatic rings. The lowest BCUT2D eigenvalue weighted by atomic mass is 10.1. The highest BCUT2D eigenvalue weighted by atomic mass is 79.9. The lowest BCUT2D eigenvalue weighted by Crippen LogP contribution is -2.32. The molecule has 0 unspecified atom stereocenters. The molecule has 22 heavy (non-hydrogen) atoms. The van der Waals surface area contributed by atoms with Crippen LogP contribution in [0.5, 0.6) is 0 Å². The van der Waals surface area contributed by atoms with E-state index in [2.05, 4.69) is 37.3 Å². The number of aryl methyl sites for hydroxylation is 1. The first-order valence-electron chi connectivity index (χ1n) is 7.02. The van der Waals surface area contributed by atoms with Crippen LogP contribution in [0.3, 0.4) is 0 Å². The molecule has 0 saturated carbocycles. The minimum atomic E-state index is -0.507. The third-order valence-corrected chi connectivity index (χ3v) is 3.40. The average Bonchev–Trinajstić information content (AvgIpc) is 2.83. The average molecular weight is 366 g/mol. The summed E-state index contributed by atoms with van der Waals surface area (Å²) >= 11 is 3.45. The number of hydrogen-bond donors (Lipinski definition) is 2. The summed E-state index contributed by atoms with van der Waals surface area (Å²) in [6.07, 6.45) is 1.31. The number of nitrogens with one attached hydrogen (secondary N) is 2. The lowest BCUT2D eigenvalue weighted by Gasteiger charge is -2.19. The van der Waals surface area contributed by atoms with E-state index < -0.39 is 11.7 Å². The summed E-state index contributed by atoms with van der Waals surface area (Å²) in [6.45, 7) is 7.82. The van der Waals surface area contributed by atoms with Gasteiger partial charge in [0.15, 0.2) is 0 Å². The number of H-pyrrole nitrogens is 1. The van der Waals surface area contributed by atoms with Crippen LogP contribution in [0.2, 0.25) is 0 Å². The van der Waals surface area contributed by atoms with Crippen molar-refractivity contribution in [2.45, 2.75) is 39.8 Å². The van der Waals surface area contributed by atoms with Crippen molar-refractivity contribution in [3.63, 3.8) is 0 Å². The highest BCUT2D eigenvalue weighted by molar-refractivity contribution is 9.10. The molecule has 118 valence electrons. The van der Waals surface area contributed by atoms with Crippen LogP contribution in [0.25, 0.3) is 11.3 Å². The van der Waals surface area contributed by atoms with E-state index in [-0.39, 0.29) is 0 Å². The number of amides is 1. The molecule has 0 saturated heterocycles. The third kappa shape index (κ3) is 4.59. The Hall–Kier alpha value is -1.82. The number of imidazole rings is 1. The van der Waals surface area contributed by atoms with Crippen LogP contribution in [-0.4, -0.2) is 21.7 Å². The van der Waals surface area contributed by atoms with Gasteiger partial charge in [0.2, 0.25) is 0 Å². The van der Waals surface area contributed by atoms with Gasteiger partial charge in [-0.25, -0.2) is 9.78 Å². The molecule has 0 aliphatic heterocycles. The Morgan fingerprint density at radius 3 is 2.77 bits per heavy atom. The van der Waals surface area contributed by atoms with Crippen molar-refractivity contribution in [1.82, 2.24) is 15.3 Å². The van der Waals surface area contributed by atoms with E-state index in [1.165, 1.54) is 0 Å². The van der Waals surface area contributed by atoms with Gasteiger partial charge in [0.25, 0.3) is 0 Å². The zero-order chi connectivity index (χ0) is 16.3. The van der Waals surface area contributed by atoms with Gasteiger partial charge in [0.05, 0.1) is 18.4 Å². The summed E-state index contributed by atoms with van der Waals surface area (Å²) < 4.78 is 6.23. The molecule has 2 aromatic rings. The molecule has 1 aromatic heterocycles. The van der Waals surface area contributed by atoms with Crippen molar-refractivity contribution < 1.29 is 9.53 Å². The van der Waals surface area contributed by atoms with E-state index in [9.17, 15) is 4.79 Å². The minimum absolute atomic E-state index is 0.296. The number of hydrogen-bond acceptors (Lipinski definition) is 3. The number of carbonyl (C=O) groups excluding carboxylic acids is 1. The first-order chi connectivity index (χ1) is 10.2. The normalized spacial score (nSPS) is 11.3. The largest absolute Gasteiger partial charge is 0.444 e. The van der Waals surface area contributed by atoms with Crippen molar-refractivity contribution in [1.29, 1.82) is 0 Å². The summed E-state index contributed by atoms with van der Waals surface area (Å²) in [4.78, 5) is 19.1. The molecule has 1 amide bonds. The fourth-order valence-electron chi connectivity index (χ4n) is 1.99. The van der Waals surface area contributed by atoms with Crippen molar-refractivity contribution in [2.75, 3.05) is 0 Å². The number of carbonyl (C=O) groups is 1. The molecule has 0 radical (unpaired) electrons. The fourth-order valence-corrected chi connectivity index (χ4v) is 2.46.